The van der Waals surface area contributed by atoms with E-state index in [2.05, 4.69) is 25.6 Å². The summed E-state index contributed by atoms with van der Waals surface area (Å²) in [5.41, 5.74) is -2.89. The summed E-state index contributed by atoms with van der Waals surface area (Å²) >= 11 is 1.26. The van der Waals surface area contributed by atoms with Crippen LogP contribution in [0.3, 0.4) is 0 Å². The number of nitrogens with zero attached hydrogens (tertiary/aromatic N) is 7. The largest absolute Gasteiger partial charge is 0.435 e. The monoisotopic (exact) mass is 775 g/mol. The number of hydrogen-bond acceptors (Lipinski definition) is 9. The van der Waals surface area contributed by atoms with Crippen molar-refractivity contribution in [1.82, 2.24) is 39.7 Å². The summed E-state index contributed by atoms with van der Waals surface area (Å²) in [6, 6.07) is 6.31. The van der Waals surface area contributed by atoms with Crippen LogP contribution in [-0.2, 0) is 36.3 Å². The molecular weight excluding hydrogens is 747 g/mol. The number of β-amino-alcohol motifs (C(OH)–C–C–N with tert-alkyl or cyclic N) is 1. The Balaban J connectivity index is 1.26. The molecule has 0 radical (unpaired) electrons. The lowest BCUT2D eigenvalue weighted by atomic mass is 9.94. The van der Waals surface area contributed by atoms with Gasteiger partial charge in [-0.2, -0.15) is 37.1 Å². The molecule has 12 nitrogen and oxygen atoms in total. The van der Waals surface area contributed by atoms with E-state index in [4.69, 9.17) is 4.98 Å². The zero-order valence-electron chi connectivity index (χ0n) is 28.2. The minimum absolute atomic E-state index is 0.0523. The Labute approximate surface area is 303 Å². The van der Waals surface area contributed by atoms with Crippen molar-refractivity contribution < 1.29 is 40.6 Å². The summed E-state index contributed by atoms with van der Waals surface area (Å²) in [4.78, 5) is 37.8. The first-order valence-electron chi connectivity index (χ1n) is 16.5. The maximum Gasteiger partial charge on any atom is 0.435 e. The zero-order chi connectivity index (χ0) is 38.5. The molecule has 1 aliphatic carbocycles. The lowest BCUT2D eigenvalue weighted by Gasteiger charge is -2.43. The number of H-pyrrole nitrogens is 1. The first-order chi connectivity index (χ1) is 25.4. The highest BCUT2D eigenvalue weighted by molar-refractivity contribution is 7.22. The number of hydrogen-bond donors (Lipinski definition) is 3. The molecule has 20 heteroatoms. The van der Waals surface area contributed by atoms with Crippen molar-refractivity contribution in [2.24, 2.45) is 0 Å². The lowest BCUT2D eigenvalue weighted by Crippen LogP contribution is -2.60. The van der Waals surface area contributed by atoms with Crippen LogP contribution in [-0.4, -0.2) is 64.1 Å². The standard InChI is InChI=1S/C34H28F7N9O3S/c1-15-19(3-4-24-45-46-30(52)50(15)24)21-11-23-29(44-31(54-23)48-13-32(2,53)14-48)43-26(21)22(9-16-7-17(35)10-18(36)8-16)42-25(51)12-49-28-20(5-6-33(28,37)38)27(47-49)34(39,40)41/h3-4,7-8,10-11,22,53H,5-6,9,12-14H2,1-2H3,(H,42,51)(H,46,52)/t22-/m0/s1. The smallest absolute Gasteiger partial charge is 0.386 e. The highest BCUT2D eigenvalue weighted by Crippen LogP contribution is 2.46. The predicted octanol–water partition coefficient (Wildman–Crippen LogP) is 5.21. The number of rotatable bonds is 8. The Kier molecular flexibility index (Phi) is 8.14. The third kappa shape index (κ3) is 6.25. The SMILES string of the molecule is Cc1c(-c2cc3sc(N4CC(C)(O)C4)nc3nc2[C@H](Cc2cc(F)cc(F)c2)NC(=O)Cn2nc(C(F)(F)F)c3c2C(F)(F)CC3)ccc2n[nH]c(=O)n12. The second kappa shape index (κ2) is 12.3. The second-order valence-corrected chi connectivity index (χ2v) is 14.8. The number of alkyl halides is 5. The Morgan fingerprint density at radius 1 is 1.09 bits per heavy atom. The number of carbonyl (C=O) groups is 1. The molecule has 1 amide bonds. The predicted molar refractivity (Wildman–Crippen MR) is 180 cm³/mol. The molecule has 1 aromatic carbocycles. The number of aromatic amines is 1. The van der Waals surface area contributed by atoms with Gasteiger partial charge in [0.1, 0.15) is 23.9 Å². The van der Waals surface area contributed by atoms with Crippen molar-refractivity contribution in [3.05, 3.63) is 92.4 Å². The number of aryl methyl sites for hydroxylation is 1. The van der Waals surface area contributed by atoms with Crippen LogP contribution < -0.4 is 15.9 Å². The molecule has 0 unspecified atom stereocenters. The van der Waals surface area contributed by atoms with E-state index in [0.717, 1.165) is 12.1 Å². The number of aromatic nitrogens is 7. The number of halogens is 7. The number of carbonyl (C=O) groups excluding carboxylic acids is 1. The van der Waals surface area contributed by atoms with Crippen molar-refractivity contribution in [2.45, 2.75) is 63.4 Å². The van der Waals surface area contributed by atoms with Crippen molar-refractivity contribution in [3.8, 4) is 11.1 Å². The third-order valence-electron chi connectivity index (χ3n) is 9.52. The number of aliphatic hydroxyl groups is 1. The van der Waals surface area contributed by atoms with Crippen molar-refractivity contribution in [3.63, 3.8) is 0 Å². The minimum Gasteiger partial charge on any atom is -0.386 e. The van der Waals surface area contributed by atoms with Gasteiger partial charge in [-0.3, -0.25) is 9.48 Å². The summed E-state index contributed by atoms with van der Waals surface area (Å²) in [6.45, 7) is 2.85. The van der Waals surface area contributed by atoms with Crippen LogP contribution in [0.5, 0.6) is 0 Å². The average molecular weight is 776 g/mol. The molecule has 1 aliphatic heterocycles. The molecular formula is C34H28F7N9O3S. The van der Waals surface area contributed by atoms with Crippen molar-refractivity contribution in [2.75, 3.05) is 18.0 Å². The molecule has 3 N–H and O–H groups in total. The lowest BCUT2D eigenvalue weighted by molar-refractivity contribution is -0.142. The molecule has 0 saturated carbocycles. The summed E-state index contributed by atoms with van der Waals surface area (Å²) in [5, 5.41) is 23.2. The van der Waals surface area contributed by atoms with E-state index in [-0.39, 0.29) is 23.3 Å². The van der Waals surface area contributed by atoms with Crippen LogP contribution >= 0.6 is 11.3 Å². The van der Waals surface area contributed by atoms with E-state index in [0.29, 0.717) is 56.1 Å². The van der Waals surface area contributed by atoms with E-state index in [1.165, 1.54) is 15.7 Å². The highest BCUT2D eigenvalue weighted by Gasteiger charge is 2.50. The Hall–Kier alpha value is -5.37. The first kappa shape index (κ1) is 35.6. The molecule has 1 fully saturated rings. The van der Waals surface area contributed by atoms with Gasteiger partial charge in [0.05, 0.1) is 35.1 Å². The minimum atomic E-state index is -5.06. The number of anilines is 1. The topological polar surface area (TPSA) is 146 Å². The van der Waals surface area contributed by atoms with Crippen molar-refractivity contribution in [1.29, 1.82) is 0 Å². The van der Waals surface area contributed by atoms with Gasteiger partial charge in [-0.25, -0.2) is 28.1 Å². The van der Waals surface area contributed by atoms with Gasteiger partial charge in [0.25, 0.3) is 5.92 Å². The maximum absolute atomic E-state index is 14.9. The number of fused-ring (bicyclic) bond motifs is 3. The normalized spacial score (nSPS) is 16.9. The molecule has 0 spiro atoms. The number of nitrogens with one attached hydrogen (secondary N) is 2. The fraction of sp³-hybridized carbons (Fsp3) is 0.353. The summed E-state index contributed by atoms with van der Waals surface area (Å²) in [7, 11) is 0. The average Bonchev–Trinajstić information content (AvgIpc) is 3.82. The van der Waals surface area contributed by atoms with Crippen LogP contribution in [0.4, 0.5) is 35.9 Å². The van der Waals surface area contributed by atoms with E-state index in [1.807, 2.05) is 4.90 Å². The third-order valence-corrected chi connectivity index (χ3v) is 10.6. The Morgan fingerprint density at radius 2 is 1.81 bits per heavy atom. The second-order valence-electron chi connectivity index (χ2n) is 13.8. The molecule has 0 bridgehead atoms. The molecule has 1 atom stereocenters. The van der Waals surface area contributed by atoms with E-state index in [9.17, 15) is 45.4 Å². The summed E-state index contributed by atoms with van der Waals surface area (Å²) in [5.74, 6) is -6.59. The van der Waals surface area contributed by atoms with Crippen LogP contribution in [0.2, 0.25) is 0 Å². The van der Waals surface area contributed by atoms with E-state index in [1.54, 1.807) is 32.0 Å². The molecule has 2 aliphatic rings. The van der Waals surface area contributed by atoms with Gasteiger partial charge in [0.2, 0.25) is 5.91 Å². The van der Waals surface area contributed by atoms with Gasteiger partial charge in [0, 0.05) is 34.9 Å². The van der Waals surface area contributed by atoms with Crippen molar-refractivity contribution >= 4 is 38.4 Å². The van der Waals surface area contributed by atoms with Crippen LogP contribution in [0.15, 0.2) is 41.2 Å². The van der Waals surface area contributed by atoms with Gasteiger partial charge >= 0.3 is 11.9 Å². The quantitative estimate of drug-likeness (QED) is 0.179. The number of benzene rings is 1. The van der Waals surface area contributed by atoms with Crippen LogP contribution in [0.1, 0.15) is 53.3 Å². The molecule has 6 aromatic rings. The Morgan fingerprint density at radius 3 is 2.50 bits per heavy atom. The van der Waals surface area contributed by atoms with E-state index >= 15 is 0 Å². The summed E-state index contributed by atoms with van der Waals surface area (Å²) in [6.07, 6.45) is -6.86. The highest BCUT2D eigenvalue weighted by atomic mass is 32.1. The van der Waals surface area contributed by atoms with Gasteiger partial charge < -0.3 is 15.3 Å². The fourth-order valence-corrected chi connectivity index (χ4v) is 8.21. The van der Waals surface area contributed by atoms with Gasteiger partial charge in [-0.05, 0) is 62.6 Å². The molecule has 8 rings (SSSR count). The van der Waals surface area contributed by atoms with Gasteiger partial charge in [0.15, 0.2) is 22.1 Å². The first-order valence-corrected chi connectivity index (χ1v) is 17.3. The number of pyridine rings is 2. The van der Waals surface area contributed by atoms with Gasteiger partial charge in [-0.15, -0.1) is 0 Å². The molecule has 5 aromatic heterocycles. The van der Waals surface area contributed by atoms with E-state index < -0.39 is 83.3 Å². The van der Waals surface area contributed by atoms with Crippen LogP contribution in [0, 0.1) is 18.6 Å². The number of amides is 1. The molecule has 1 saturated heterocycles. The molecule has 282 valence electrons. The van der Waals surface area contributed by atoms with Crippen LogP contribution in [0.25, 0.3) is 27.1 Å². The van der Waals surface area contributed by atoms with Gasteiger partial charge in [-0.1, -0.05) is 11.3 Å². The molecule has 54 heavy (non-hydrogen) atoms. The maximum atomic E-state index is 14.9. The molecule has 6 heterocycles. The number of thiazole rings is 1. The fourth-order valence-electron chi connectivity index (χ4n) is 7.27. The summed E-state index contributed by atoms with van der Waals surface area (Å²) < 4.78 is 102. The zero-order valence-corrected chi connectivity index (χ0v) is 29.0. The Bertz CT molecular complexity index is 2530.